The van der Waals surface area contributed by atoms with E-state index in [-0.39, 0.29) is 11.9 Å². The van der Waals surface area contributed by atoms with Gasteiger partial charge in [0.05, 0.1) is 0 Å². The van der Waals surface area contributed by atoms with E-state index in [1.807, 2.05) is 19.2 Å². The Morgan fingerprint density at radius 2 is 2.05 bits per heavy atom. The zero-order chi connectivity index (χ0) is 13.8. The van der Waals surface area contributed by atoms with E-state index in [9.17, 15) is 4.39 Å². The van der Waals surface area contributed by atoms with E-state index in [4.69, 9.17) is 4.74 Å². The number of benzene rings is 1. The molecule has 100 valence electrons. The van der Waals surface area contributed by atoms with Crippen LogP contribution in [0.1, 0.15) is 24.1 Å². The van der Waals surface area contributed by atoms with Gasteiger partial charge >= 0.3 is 0 Å². The van der Waals surface area contributed by atoms with Gasteiger partial charge in [-0.1, -0.05) is 6.07 Å². The van der Waals surface area contributed by atoms with Gasteiger partial charge < -0.3 is 10.1 Å². The topological polar surface area (TPSA) is 34.1 Å². The first-order valence-corrected chi connectivity index (χ1v) is 6.17. The lowest BCUT2D eigenvalue weighted by molar-refractivity contribution is 0.456. The highest BCUT2D eigenvalue weighted by molar-refractivity contribution is 5.35. The van der Waals surface area contributed by atoms with E-state index in [0.29, 0.717) is 11.6 Å². The second kappa shape index (κ2) is 5.80. The average Bonchev–Trinajstić information content (AvgIpc) is 2.42. The Labute approximate surface area is 112 Å². The Kier molecular flexibility index (Phi) is 4.12. The summed E-state index contributed by atoms with van der Waals surface area (Å²) in [5.74, 6) is 0.848. The maximum absolute atomic E-state index is 13.0. The molecule has 2 rings (SSSR count). The van der Waals surface area contributed by atoms with Crippen LogP contribution in [-0.4, -0.2) is 12.0 Å². The number of nitrogens with one attached hydrogen (secondary N) is 1. The average molecular weight is 260 g/mol. The summed E-state index contributed by atoms with van der Waals surface area (Å²) in [6.07, 6.45) is 1.77. The van der Waals surface area contributed by atoms with Gasteiger partial charge in [-0.25, -0.2) is 9.37 Å². The minimum absolute atomic E-state index is 0.245. The Bertz CT molecular complexity index is 555. The standard InChI is InChI=1S/C15H17FN2O/c1-10-8-13(16)5-6-14(10)19-15-7-4-12(9-18-15)11(2)17-3/h4-9,11,17H,1-3H3. The van der Waals surface area contributed by atoms with Gasteiger partial charge in [-0.3, -0.25) is 0 Å². The maximum Gasteiger partial charge on any atom is 0.219 e. The molecule has 1 heterocycles. The van der Waals surface area contributed by atoms with Crippen molar-refractivity contribution in [3.8, 4) is 11.6 Å². The van der Waals surface area contributed by atoms with Crippen LogP contribution in [0.25, 0.3) is 0 Å². The van der Waals surface area contributed by atoms with E-state index < -0.39 is 0 Å². The summed E-state index contributed by atoms with van der Waals surface area (Å²) >= 11 is 0. The van der Waals surface area contributed by atoms with Crippen LogP contribution in [0.3, 0.4) is 0 Å². The van der Waals surface area contributed by atoms with Gasteiger partial charge in [0.15, 0.2) is 0 Å². The monoisotopic (exact) mass is 260 g/mol. The van der Waals surface area contributed by atoms with Crippen molar-refractivity contribution >= 4 is 0 Å². The van der Waals surface area contributed by atoms with Gasteiger partial charge in [0, 0.05) is 18.3 Å². The van der Waals surface area contributed by atoms with Crippen molar-refractivity contribution in [1.82, 2.24) is 10.3 Å². The van der Waals surface area contributed by atoms with Gasteiger partial charge in [-0.05, 0) is 50.2 Å². The van der Waals surface area contributed by atoms with Crippen molar-refractivity contribution in [2.24, 2.45) is 0 Å². The predicted molar refractivity (Wildman–Crippen MR) is 72.9 cm³/mol. The number of rotatable bonds is 4. The van der Waals surface area contributed by atoms with Gasteiger partial charge in [-0.15, -0.1) is 0 Å². The Morgan fingerprint density at radius 1 is 1.26 bits per heavy atom. The van der Waals surface area contributed by atoms with Crippen molar-refractivity contribution in [3.05, 3.63) is 53.5 Å². The second-order valence-corrected chi connectivity index (χ2v) is 4.45. The Balaban J connectivity index is 2.15. The molecule has 0 amide bonds. The molecular weight excluding hydrogens is 243 g/mol. The summed E-state index contributed by atoms with van der Waals surface area (Å²) < 4.78 is 18.6. The molecule has 1 atom stereocenters. The van der Waals surface area contributed by atoms with Crippen LogP contribution in [0.2, 0.25) is 0 Å². The quantitative estimate of drug-likeness (QED) is 0.912. The molecule has 0 bridgehead atoms. The van der Waals surface area contributed by atoms with Crippen molar-refractivity contribution < 1.29 is 9.13 Å². The molecule has 1 aromatic heterocycles. The molecule has 1 aromatic carbocycles. The number of hydrogen-bond acceptors (Lipinski definition) is 3. The zero-order valence-corrected chi connectivity index (χ0v) is 11.3. The largest absolute Gasteiger partial charge is 0.439 e. The van der Waals surface area contributed by atoms with Crippen LogP contribution < -0.4 is 10.1 Å². The molecule has 0 saturated carbocycles. The normalized spacial score (nSPS) is 12.2. The van der Waals surface area contributed by atoms with E-state index in [1.54, 1.807) is 19.2 Å². The van der Waals surface area contributed by atoms with Crippen molar-refractivity contribution in [3.63, 3.8) is 0 Å². The van der Waals surface area contributed by atoms with E-state index in [0.717, 1.165) is 11.1 Å². The molecule has 0 spiro atoms. The first-order valence-electron chi connectivity index (χ1n) is 6.17. The first kappa shape index (κ1) is 13.5. The fraction of sp³-hybridized carbons (Fsp3) is 0.267. The molecule has 3 nitrogen and oxygen atoms in total. The minimum atomic E-state index is -0.268. The number of halogens is 1. The van der Waals surface area contributed by atoms with Crippen molar-refractivity contribution in [2.45, 2.75) is 19.9 Å². The van der Waals surface area contributed by atoms with Crippen molar-refractivity contribution in [2.75, 3.05) is 7.05 Å². The molecule has 0 aliphatic carbocycles. The molecule has 1 unspecified atom stereocenters. The third kappa shape index (κ3) is 3.29. The summed E-state index contributed by atoms with van der Waals surface area (Å²) in [7, 11) is 1.90. The molecule has 4 heteroatoms. The molecule has 0 aliphatic rings. The molecule has 0 fully saturated rings. The fourth-order valence-electron chi connectivity index (χ4n) is 1.71. The van der Waals surface area contributed by atoms with Crippen LogP contribution >= 0.6 is 0 Å². The molecule has 0 saturated heterocycles. The summed E-state index contributed by atoms with van der Waals surface area (Å²) in [4.78, 5) is 4.25. The summed E-state index contributed by atoms with van der Waals surface area (Å²) in [5.41, 5.74) is 1.83. The highest BCUT2D eigenvalue weighted by atomic mass is 19.1. The number of hydrogen-bond donors (Lipinski definition) is 1. The third-order valence-electron chi connectivity index (χ3n) is 3.04. The van der Waals surface area contributed by atoms with Gasteiger partial charge in [0.1, 0.15) is 11.6 Å². The van der Waals surface area contributed by atoms with E-state index in [2.05, 4.69) is 17.2 Å². The third-order valence-corrected chi connectivity index (χ3v) is 3.04. The maximum atomic E-state index is 13.0. The van der Waals surface area contributed by atoms with Crippen molar-refractivity contribution in [1.29, 1.82) is 0 Å². The fourth-order valence-corrected chi connectivity index (χ4v) is 1.71. The van der Waals surface area contributed by atoms with Gasteiger partial charge in [-0.2, -0.15) is 0 Å². The minimum Gasteiger partial charge on any atom is -0.439 e. The lowest BCUT2D eigenvalue weighted by Gasteiger charge is -2.11. The second-order valence-electron chi connectivity index (χ2n) is 4.45. The molecular formula is C15H17FN2O. The number of aromatic nitrogens is 1. The molecule has 2 aromatic rings. The smallest absolute Gasteiger partial charge is 0.219 e. The summed E-state index contributed by atoms with van der Waals surface area (Å²) in [6, 6.07) is 8.44. The van der Waals surface area contributed by atoms with Crippen LogP contribution in [0, 0.1) is 12.7 Å². The number of aryl methyl sites for hydroxylation is 1. The van der Waals surface area contributed by atoms with Gasteiger partial charge in [0.2, 0.25) is 5.88 Å². The molecule has 0 aliphatic heterocycles. The number of nitrogens with zero attached hydrogens (tertiary/aromatic N) is 1. The lowest BCUT2D eigenvalue weighted by atomic mass is 10.1. The highest BCUT2D eigenvalue weighted by Gasteiger charge is 2.06. The molecule has 0 radical (unpaired) electrons. The first-order chi connectivity index (χ1) is 9.10. The van der Waals surface area contributed by atoms with Crippen LogP contribution in [0.15, 0.2) is 36.5 Å². The Hall–Kier alpha value is -1.94. The highest BCUT2D eigenvalue weighted by Crippen LogP contribution is 2.24. The van der Waals surface area contributed by atoms with Crippen LogP contribution in [0.5, 0.6) is 11.6 Å². The van der Waals surface area contributed by atoms with E-state index >= 15 is 0 Å². The van der Waals surface area contributed by atoms with Gasteiger partial charge in [0.25, 0.3) is 0 Å². The molecule has 19 heavy (non-hydrogen) atoms. The number of pyridine rings is 1. The Morgan fingerprint density at radius 3 is 2.63 bits per heavy atom. The molecule has 1 N–H and O–H groups in total. The summed E-state index contributed by atoms with van der Waals surface area (Å²) in [6.45, 7) is 3.86. The van der Waals surface area contributed by atoms with E-state index in [1.165, 1.54) is 12.1 Å². The lowest BCUT2D eigenvalue weighted by Crippen LogP contribution is -2.12. The van der Waals surface area contributed by atoms with Crippen LogP contribution in [0.4, 0.5) is 4.39 Å². The summed E-state index contributed by atoms with van der Waals surface area (Å²) in [5, 5.41) is 3.14. The zero-order valence-electron chi connectivity index (χ0n) is 11.3. The SMILES string of the molecule is CNC(C)c1ccc(Oc2ccc(F)cc2C)nc1. The van der Waals surface area contributed by atoms with Crippen LogP contribution in [-0.2, 0) is 0 Å². The number of ether oxygens (including phenoxy) is 1. The predicted octanol–water partition coefficient (Wildman–Crippen LogP) is 3.60.